The molecule has 0 atom stereocenters. The van der Waals surface area contributed by atoms with Crippen LogP contribution in [0.15, 0.2) is 23.6 Å². The van der Waals surface area contributed by atoms with Crippen molar-refractivity contribution in [3.05, 3.63) is 18.6 Å². The van der Waals surface area contributed by atoms with Gasteiger partial charge in [-0.1, -0.05) is 25.6 Å². The van der Waals surface area contributed by atoms with Crippen LogP contribution in [0.2, 0.25) is 0 Å². The summed E-state index contributed by atoms with van der Waals surface area (Å²) in [5.41, 5.74) is 3.42. The zero-order valence-electron chi connectivity index (χ0n) is 8.64. The third-order valence-electron chi connectivity index (χ3n) is 1.84. The Hall–Kier alpha value is -1.27. The average molecular weight is 223 g/mol. The molecule has 0 unspecified atom stereocenters. The second-order valence-corrected chi connectivity index (χ2v) is 4.97. The molecule has 2 rings (SSSR count). The van der Waals surface area contributed by atoms with Gasteiger partial charge >= 0.3 is 0 Å². The highest BCUT2D eigenvalue weighted by Gasteiger charge is 2.09. The summed E-state index contributed by atoms with van der Waals surface area (Å²) >= 11 is 1.67. The maximum Gasteiger partial charge on any atom is 0.169 e. The van der Waals surface area contributed by atoms with Crippen LogP contribution < -0.4 is 11.3 Å². The summed E-state index contributed by atoms with van der Waals surface area (Å²) in [6.45, 7) is 4.24. The Balaban J connectivity index is 2.53. The lowest BCUT2D eigenvalue weighted by Gasteiger charge is -2.07. The molecular formula is C9H13N5S. The van der Waals surface area contributed by atoms with E-state index in [4.69, 9.17) is 5.84 Å². The van der Waals surface area contributed by atoms with Gasteiger partial charge in [-0.15, -0.1) is 0 Å². The number of hydrogen-bond acceptors (Lipinski definition) is 5. The van der Waals surface area contributed by atoms with Gasteiger partial charge < -0.3 is 9.83 Å². The third kappa shape index (κ3) is 2.05. The first-order valence-electron chi connectivity index (χ1n) is 4.67. The summed E-state index contributed by atoms with van der Waals surface area (Å²) in [5, 5.41) is 1.36. The van der Waals surface area contributed by atoms with Gasteiger partial charge in [0.2, 0.25) is 0 Å². The number of imidazole rings is 1. The van der Waals surface area contributed by atoms with Crippen molar-refractivity contribution in [1.29, 1.82) is 0 Å². The number of aromatic nitrogens is 3. The summed E-state index contributed by atoms with van der Waals surface area (Å²) in [7, 11) is 0. The summed E-state index contributed by atoms with van der Waals surface area (Å²) in [6, 6.07) is 0. The Kier molecular flexibility index (Phi) is 2.79. The van der Waals surface area contributed by atoms with E-state index in [9.17, 15) is 0 Å². The highest BCUT2D eigenvalue weighted by atomic mass is 32.2. The molecule has 0 bridgehead atoms. The van der Waals surface area contributed by atoms with Crippen molar-refractivity contribution < 1.29 is 0 Å². The van der Waals surface area contributed by atoms with E-state index in [2.05, 4.69) is 29.2 Å². The van der Waals surface area contributed by atoms with Crippen LogP contribution >= 0.6 is 11.8 Å². The van der Waals surface area contributed by atoms with Crippen LogP contribution in [-0.2, 0) is 0 Å². The van der Waals surface area contributed by atoms with E-state index in [1.165, 1.54) is 0 Å². The molecule has 0 aromatic carbocycles. The van der Waals surface area contributed by atoms with Crippen molar-refractivity contribution >= 4 is 23.2 Å². The molecule has 3 N–H and O–H groups in total. The molecule has 2 aromatic rings. The van der Waals surface area contributed by atoms with Crippen molar-refractivity contribution in [2.75, 3.05) is 5.43 Å². The van der Waals surface area contributed by atoms with Crippen LogP contribution in [0, 0.1) is 0 Å². The predicted molar refractivity (Wildman–Crippen MR) is 61.8 cm³/mol. The number of hydrogen-bond donors (Lipinski definition) is 2. The van der Waals surface area contributed by atoms with E-state index >= 15 is 0 Å². The van der Waals surface area contributed by atoms with Crippen molar-refractivity contribution in [3.8, 4) is 0 Å². The van der Waals surface area contributed by atoms with Gasteiger partial charge in [0, 0.05) is 17.6 Å². The summed E-state index contributed by atoms with van der Waals surface area (Å²) < 4.78 is 1.91. The van der Waals surface area contributed by atoms with E-state index in [0.717, 1.165) is 10.7 Å². The van der Waals surface area contributed by atoms with Gasteiger partial charge in [0.1, 0.15) is 5.03 Å². The molecular weight excluding hydrogens is 210 g/mol. The molecule has 0 aliphatic heterocycles. The Morgan fingerprint density at radius 3 is 3.00 bits per heavy atom. The van der Waals surface area contributed by atoms with Crippen LogP contribution in [0.25, 0.3) is 5.65 Å². The number of nitrogens with one attached hydrogen (secondary N) is 1. The predicted octanol–water partition coefficient (Wildman–Crippen LogP) is 1.52. The molecule has 2 heterocycles. The highest BCUT2D eigenvalue weighted by Crippen LogP contribution is 2.25. The van der Waals surface area contributed by atoms with Crippen molar-refractivity contribution in [2.24, 2.45) is 5.84 Å². The third-order valence-corrected chi connectivity index (χ3v) is 2.81. The van der Waals surface area contributed by atoms with Crippen LogP contribution in [0.5, 0.6) is 0 Å². The SMILES string of the molecule is CC(C)Sc1nc(NN)cn2ccnc12. The van der Waals surface area contributed by atoms with Gasteiger partial charge in [0.15, 0.2) is 11.5 Å². The molecule has 0 aliphatic rings. The van der Waals surface area contributed by atoms with Gasteiger partial charge in [-0.3, -0.25) is 0 Å². The van der Waals surface area contributed by atoms with Gasteiger partial charge in [-0.25, -0.2) is 15.8 Å². The van der Waals surface area contributed by atoms with Gasteiger partial charge in [0.05, 0.1) is 6.20 Å². The highest BCUT2D eigenvalue weighted by molar-refractivity contribution is 8.00. The maximum absolute atomic E-state index is 5.35. The smallest absolute Gasteiger partial charge is 0.169 e. The molecule has 15 heavy (non-hydrogen) atoms. The molecule has 0 fully saturated rings. The van der Waals surface area contributed by atoms with Crippen LogP contribution in [0.3, 0.4) is 0 Å². The number of nitrogens with two attached hydrogens (primary N) is 1. The number of fused-ring (bicyclic) bond motifs is 1. The molecule has 0 aliphatic carbocycles. The minimum atomic E-state index is 0.464. The van der Waals surface area contributed by atoms with E-state index < -0.39 is 0 Å². The van der Waals surface area contributed by atoms with Crippen LogP contribution in [0.4, 0.5) is 5.82 Å². The van der Waals surface area contributed by atoms with E-state index in [0.29, 0.717) is 11.1 Å². The lowest BCUT2D eigenvalue weighted by Crippen LogP contribution is -2.10. The Morgan fingerprint density at radius 1 is 1.53 bits per heavy atom. The average Bonchev–Trinajstić information content (AvgIpc) is 2.64. The van der Waals surface area contributed by atoms with E-state index in [1.807, 2.05) is 16.8 Å². The first kappa shape index (κ1) is 10.3. The zero-order valence-corrected chi connectivity index (χ0v) is 9.45. The standard InChI is InChI=1S/C9H13N5S/c1-6(2)15-9-8-11-3-4-14(8)5-7(12-9)13-10/h3-6,13H,10H2,1-2H3. The number of nitrogens with zero attached hydrogens (tertiary/aromatic N) is 3. The number of thioether (sulfide) groups is 1. The summed E-state index contributed by atoms with van der Waals surface area (Å²) in [6.07, 6.45) is 5.44. The molecule has 2 aromatic heterocycles. The number of rotatable bonds is 3. The molecule has 80 valence electrons. The van der Waals surface area contributed by atoms with Crippen LogP contribution in [0.1, 0.15) is 13.8 Å². The van der Waals surface area contributed by atoms with Crippen molar-refractivity contribution in [3.63, 3.8) is 0 Å². The molecule has 0 saturated carbocycles. The van der Waals surface area contributed by atoms with Gasteiger partial charge in [0.25, 0.3) is 0 Å². The van der Waals surface area contributed by atoms with Crippen molar-refractivity contribution in [1.82, 2.24) is 14.4 Å². The fourth-order valence-corrected chi connectivity index (χ4v) is 2.14. The zero-order chi connectivity index (χ0) is 10.8. The molecule has 0 spiro atoms. The Morgan fingerprint density at radius 2 is 2.33 bits per heavy atom. The summed E-state index contributed by atoms with van der Waals surface area (Å²) in [5.74, 6) is 6.00. The quantitative estimate of drug-likeness (QED) is 0.469. The lowest BCUT2D eigenvalue weighted by molar-refractivity contribution is 1.01. The van der Waals surface area contributed by atoms with Gasteiger partial charge in [-0.2, -0.15) is 0 Å². The first-order valence-corrected chi connectivity index (χ1v) is 5.55. The maximum atomic E-state index is 5.35. The molecule has 6 heteroatoms. The van der Waals surface area contributed by atoms with Crippen LogP contribution in [-0.4, -0.2) is 19.6 Å². The Bertz CT molecular complexity index is 464. The minimum Gasteiger partial charge on any atom is -0.307 e. The largest absolute Gasteiger partial charge is 0.307 e. The summed E-state index contributed by atoms with van der Waals surface area (Å²) in [4.78, 5) is 8.63. The molecule has 5 nitrogen and oxygen atoms in total. The number of nitrogen functional groups attached to an aromatic ring is 1. The molecule has 0 radical (unpaired) electrons. The Labute approximate surface area is 92.1 Å². The van der Waals surface area contributed by atoms with Crippen molar-refractivity contribution in [2.45, 2.75) is 24.1 Å². The normalized spacial score (nSPS) is 11.2. The molecule has 0 saturated heterocycles. The minimum absolute atomic E-state index is 0.464. The molecule has 0 amide bonds. The van der Waals surface area contributed by atoms with E-state index in [-0.39, 0.29) is 0 Å². The van der Waals surface area contributed by atoms with E-state index in [1.54, 1.807) is 18.0 Å². The number of anilines is 1. The van der Waals surface area contributed by atoms with Gasteiger partial charge in [-0.05, 0) is 0 Å². The lowest BCUT2D eigenvalue weighted by atomic mass is 10.6. The second-order valence-electron chi connectivity index (χ2n) is 3.40. The monoisotopic (exact) mass is 223 g/mol. The second kappa shape index (κ2) is 4.08. The fourth-order valence-electron chi connectivity index (χ4n) is 1.27. The first-order chi connectivity index (χ1) is 7.20. The topological polar surface area (TPSA) is 68.2 Å². The number of hydrazine groups is 1. The fraction of sp³-hybridized carbons (Fsp3) is 0.333.